The van der Waals surface area contributed by atoms with Crippen LogP contribution in [0.2, 0.25) is 0 Å². The van der Waals surface area contributed by atoms with Gasteiger partial charge in [0.1, 0.15) is 0 Å². The first-order valence-corrected chi connectivity index (χ1v) is 6.11. The van der Waals surface area contributed by atoms with Crippen LogP contribution < -0.4 is 0 Å². The number of halogens is 3. The van der Waals surface area contributed by atoms with Gasteiger partial charge in [-0.1, -0.05) is 25.7 Å². The van der Waals surface area contributed by atoms with E-state index in [0.29, 0.717) is 12.3 Å². The summed E-state index contributed by atoms with van der Waals surface area (Å²) in [7, 11) is 0.812. The Labute approximate surface area is 109 Å². The molecule has 0 aliphatic heterocycles. The van der Waals surface area contributed by atoms with Crippen molar-refractivity contribution in [3.63, 3.8) is 0 Å². The Morgan fingerprint density at radius 3 is 2.32 bits per heavy atom. The van der Waals surface area contributed by atoms with E-state index in [1.165, 1.54) is 0 Å². The van der Waals surface area contributed by atoms with Gasteiger partial charge < -0.3 is 4.74 Å². The summed E-state index contributed by atoms with van der Waals surface area (Å²) in [5.74, 6) is -2.18. The molecule has 0 spiro atoms. The fourth-order valence-electron chi connectivity index (χ4n) is 2.13. The first-order chi connectivity index (χ1) is 8.84. The van der Waals surface area contributed by atoms with Crippen molar-refractivity contribution in [2.75, 3.05) is 7.11 Å². The molecule has 1 saturated carbocycles. The Bertz CT molecular complexity index is 371. The van der Waals surface area contributed by atoms with Gasteiger partial charge >= 0.3 is 12.1 Å². The van der Waals surface area contributed by atoms with Gasteiger partial charge in [-0.25, -0.2) is 9.79 Å². The number of alkyl halides is 3. The number of carbonyl (C=O) groups excluding carboxylic acids is 2. The van der Waals surface area contributed by atoms with Crippen LogP contribution in [0.4, 0.5) is 13.2 Å². The van der Waals surface area contributed by atoms with E-state index in [2.05, 4.69) is 9.73 Å². The van der Waals surface area contributed by atoms with E-state index < -0.39 is 23.8 Å². The summed E-state index contributed by atoms with van der Waals surface area (Å²) in [5, 5.41) is 0. The van der Waals surface area contributed by atoms with Crippen LogP contribution in [0.25, 0.3) is 0 Å². The number of esters is 1. The van der Waals surface area contributed by atoms with Crippen molar-refractivity contribution in [2.45, 2.75) is 44.7 Å². The van der Waals surface area contributed by atoms with E-state index in [0.717, 1.165) is 32.8 Å². The molecule has 0 N–H and O–H groups in total. The number of carbonyl (C=O) groups is 2. The lowest BCUT2D eigenvalue weighted by Gasteiger charge is -2.09. The summed E-state index contributed by atoms with van der Waals surface area (Å²) < 4.78 is 41.4. The van der Waals surface area contributed by atoms with Crippen molar-refractivity contribution < 1.29 is 27.5 Å². The quantitative estimate of drug-likeness (QED) is 0.587. The number of aliphatic imine (C=N–C) groups is 1. The molecule has 0 radical (unpaired) electrons. The van der Waals surface area contributed by atoms with Crippen molar-refractivity contribution in [2.24, 2.45) is 10.9 Å². The SMILES string of the molecule is COC(=O)/C(=N/C(=O)CCC1CCCC1)C(F)(F)F. The number of methoxy groups -OCH3 is 1. The second kappa shape index (κ2) is 6.68. The molecule has 0 atom stereocenters. The molecule has 1 fully saturated rings. The number of nitrogens with zero attached hydrogens (tertiary/aromatic N) is 1. The summed E-state index contributed by atoms with van der Waals surface area (Å²) in [6, 6.07) is 0. The Balaban J connectivity index is 2.61. The van der Waals surface area contributed by atoms with Crippen molar-refractivity contribution in [1.29, 1.82) is 0 Å². The molecule has 0 aromatic carbocycles. The van der Waals surface area contributed by atoms with Gasteiger partial charge in [0.2, 0.25) is 11.6 Å². The largest absolute Gasteiger partial charge is 0.464 e. The predicted molar refractivity (Wildman–Crippen MR) is 61.7 cm³/mol. The van der Waals surface area contributed by atoms with E-state index in [4.69, 9.17) is 0 Å². The maximum Gasteiger partial charge on any atom is 0.440 e. The second-order valence-electron chi connectivity index (χ2n) is 4.53. The van der Waals surface area contributed by atoms with Gasteiger partial charge in [-0.3, -0.25) is 4.79 Å². The van der Waals surface area contributed by atoms with Crippen molar-refractivity contribution >= 4 is 17.6 Å². The molecule has 4 nitrogen and oxygen atoms in total. The van der Waals surface area contributed by atoms with Gasteiger partial charge in [0, 0.05) is 6.42 Å². The molecule has 0 heterocycles. The molecule has 0 saturated heterocycles. The Kier molecular flexibility index (Phi) is 5.50. The molecule has 0 bridgehead atoms. The molecule has 1 aliphatic carbocycles. The topological polar surface area (TPSA) is 55.7 Å². The Morgan fingerprint density at radius 1 is 1.26 bits per heavy atom. The summed E-state index contributed by atoms with van der Waals surface area (Å²) in [5.41, 5.74) is -1.79. The minimum Gasteiger partial charge on any atom is -0.464 e. The lowest BCUT2D eigenvalue weighted by atomic mass is 10.0. The van der Waals surface area contributed by atoms with Gasteiger partial charge in [-0.2, -0.15) is 13.2 Å². The van der Waals surface area contributed by atoms with E-state index in [9.17, 15) is 22.8 Å². The van der Waals surface area contributed by atoms with Crippen LogP contribution in [-0.2, 0) is 14.3 Å². The zero-order chi connectivity index (χ0) is 14.5. The van der Waals surface area contributed by atoms with Crippen molar-refractivity contribution in [1.82, 2.24) is 0 Å². The average Bonchev–Trinajstić information content (AvgIpc) is 2.84. The molecule has 0 unspecified atom stereocenters. The highest BCUT2D eigenvalue weighted by atomic mass is 19.4. The Morgan fingerprint density at radius 2 is 1.84 bits per heavy atom. The molecular formula is C12H16F3NO3. The lowest BCUT2D eigenvalue weighted by Crippen LogP contribution is -2.33. The highest BCUT2D eigenvalue weighted by Crippen LogP contribution is 2.28. The fourth-order valence-corrected chi connectivity index (χ4v) is 2.13. The standard InChI is InChI=1S/C12H16F3NO3/c1-19-11(18)10(12(13,14)15)16-9(17)7-6-8-4-2-3-5-8/h8H,2-7H2,1H3/b16-10-. The highest BCUT2D eigenvalue weighted by molar-refractivity contribution is 6.40. The first kappa shape index (κ1) is 15.7. The molecule has 108 valence electrons. The van der Waals surface area contributed by atoms with Crippen molar-refractivity contribution in [3.05, 3.63) is 0 Å². The molecule has 1 amide bonds. The molecule has 19 heavy (non-hydrogen) atoms. The second-order valence-corrected chi connectivity index (χ2v) is 4.53. The Hall–Kier alpha value is -1.40. The van der Waals surface area contributed by atoms with E-state index >= 15 is 0 Å². The summed E-state index contributed by atoms with van der Waals surface area (Å²) in [6.45, 7) is 0. The number of hydrogen-bond donors (Lipinski definition) is 0. The summed E-state index contributed by atoms with van der Waals surface area (Å²) in [6.07, 6.45) is -0.331. The van der Waals surface area contributed by atoms with Crippen LogP contribution in [0, 0.1) is 5.92 Å². The predicted octanol–water partition coefficient (Wildman–Crippen LogP) is 2.66. The van der Waals surface area contributed by atoms with Gasteiger partial charge in [0.05, 0.1) is 7.11 Å². The summed E-state index contributed by atoms with van der Waals surface area (Å²) >= 11 is 0. The molecular weight excluding hydrogens is 263 g/mol. The number of ether oxygens (including phenoxy) is 1. The first-order valence-electron chi connectivity index (χ1n) is 6.11. The third kappa shape index (κ3) is 5.00. The fraction of sp³-hybridized carbons (Fsp3) is 0.750. The molecule has 7 heteroatoms. The van der Waals surface area contributed by atoms with Gasteiger partial charge in [-0.15, -0.1) is 0 Å². The van der Waals surface area contributed by atoms with Crippen molar-refractivity contribution in [3.8, 4) is 0 Å². The van der Waals surface area contributed by atoms with Crippen LogP contribution >= 0.6 is 0 Å². The van der Waals surface area contributed by atoms with Gasteiger partial charge in [0.15, 0.2) is 0 Å². The van der Waals surface area contributed by atoms with E-state index in [-0.39, 0.29) is 6.42 Å². The lowest BCUT2D eigenvalue weighted by molar-refractivity contribution is -0.137. The minimum absolute atomic E-state index is 0.0682. The number of amides is 1. The van der Waals surface area contributed by atoms with Crippen LogP contribution in [-0.4, -0.2) is 30.9 Å². The number of hydrogen-bond acceptors (Lipinski definition) is 3. The number of rotatable bonds is 4. The molecule has 1 rings (SSSR count). The van der Waals surface area contributed by atoms with E-state index in [1.54, 1.807) is 0 Å². The smallest absolute Gasteiger partial charge is 0.440 e. The van der Waals surface area contributed by atoms with Gasteiger partial charge in [-0.05, 0) is 12.3 Å². The zero-order valence-electron chi connectivity index (χ0n) is 10.6. The highest BCUT2D eigenvalue weighted by Gasteiger charge is 2.42. The van der Waals surface area contributed by atoms with Crippen LogP contribution in [0.15, 0.2) is 4.99 Å². The van der Waals surface area contributed by atoms with Gasteiger partial charge in [0.25, 0.3) is 0 Å². The maximum absolute atomic E-state index is 12.5. The zero-order valence-corrected chi connectivity index (χ0v) is 10.6. The molecule has 0 aromatic rings. The summed E-state index contributed by atoms with van der Waals surface area (Å²) in [4.78, 5) is 25.2. The normalized spacial score (nSPS) is 17.6. The third-order valence-electron chi connectivity index (χ3n) is 3.12. The average molecular weight is 279 g/mol. The van der Waals surface area contributed by atoms with Crippen LogP contribution in [0.5, 0.6) is 0 Å². The van der Waals surface area contributed by atoms with E-state index in [1.807, 2.05) is 0 Å². The van der Waals surface area contributed by atoms with Crippen LogP contribution in [0.3, 0.4) is 0 Å². The van der Waals surface area contributed by atoms with Crippen LogP contribution in [0.1, 0.15) is 38.5 Å². The third-order valence-corrected chi connectivity index (χ3v) is 3.12. The minimum atomic E-state index is -4.98. The molecule has 0 aromatic heterocycles. The monoisotopic (exact) mass is 279 g/mol. The molecule has 1 aliphatic rings. The maximum atomic E-state index is 12.5.